The van der Waals surface area contributed by atoms with Gasteiger partial charge in [0.25, 0.3) is 5.91 Å². The van der Waals surface area contributed by atoms with Crippen LogP contribution < -0.4 is 10.2 Å². The van der Waals surface area contributed by atoms with Gasteiger partial charge in [-0.1, -0.05) is 37.5 Å². The number of fused-ring (bicyclic) bond motifs is 1. The molecule has 1 atom stereocenters. The Morgan fingerprint density at radius 3 is 2.68 bits per heavy atom. The lowest BCUT2D eigenvalue weighted by molar-refractivity contribution is -0.135. The molecule has 1 aliphatic carbocycles. The average molecular weight is 341 g/mol. The topological polar surface area (TPSA) is 69.7 Å². The lowest BCUT2D eigenvalue weighted by Crippen LogP contribution is -2.49. The Kier molecular flexibility index (Phi) is 3.78. The van der Waals surface area contributed by atoms with E-state index in [1.807, 2.05) is 31.2 Å². The minimum atomic E-state index is -0.774. The molecule has 3 aliphatic rings. The van der Waals surface area contributed by atoms with Crippen molar-refractivity contribution in [2.24, 2.45) is 0 Å². The van der Waals surface area contributed by atoms with Gasteiger partial charge < -0.3 is 10.2 Å². The van der Waals surface area contributed by atoms with Gasteiger partial charge in [-0.2, -0.15) is 0 Å². The molecule has 1 aromatic carbocycles. The fourth-order valence-electron chi connectivity index (χ4n) is 4.47. The number of carbonyl (C=O) groups excluding carboxylic acids is 3. The summed E-state index contributed by atoms with van der Waals surface area (Å²) in [6.07, 6.45) is 5.10. The van der Waals surface area contributed by atoms with E-state index in [4.69, 9.17) is 0 Å². The molecule has 2 fully saturated rings. The molecule has 132 valence electrons. The van der Waals surface area contributed by atoms with Gasteiger partial charge in [-0.05, 0) is 37.8 Å². The first kappa shape index (κ1) is 16.1. The van der Waals surface area contributed by atoms with Gasteiger partial charge in [0.1, 0.15) is 12.1 Å². The quantitative estimate of drug-likeness (QED) is 0.839. The molecule has 6 nitrogen and oxygen atoms in total. The van der Waals surface area contributed by atoms with E-state index in [1.165, 1.54) is 0 Å². The molecule has 0 bridgehead atoms. The lowest BCUT2D eigenvalue weighted by Gasteiger charge is -2.30. The second-order valence-electron chi connectivity index (χ2n) is 7.41. The summed E-state index contributed by atoms with van der Waals surface area (Å²) < 4.78 is 0. The number of nitrogens with one attached hydrogen (secondary N) is 1. The van der Waals surface area contributed by atoms with Gasteiger partial charge in [-0.15, -0.1) is 0 Å². The molecule has 6 heteroatoms. The number of imide groups is 1. The van der Waals surface area contributed by atoms with E-state index in [-0.39, 0.29) is 24.4 Å². The SMILES string of the molecule is C[C@H]1Cc2ccccc2N1C(=O)CN1C(=O)NC2(CCCCC2)C1=O. The minimum absolute atomic E-state index is 0.0364. The third kappa shape index (κ3) is 2.51. The van der Waals surface area contributed by atoms with E-state index >= 15 is 0 Å². The summed E-state index contributed by atoms with van der Waals surface area (Å²) in [6.45, 7) is 1.80. The Morgan fingerprint density at radius 2 is 1.92 bits per heavy atom. The standard InChI is InChI=1S/C19H23N3O3/c1-13-11-14-7-3-4-8-15(14)22(13)16(23)12-21-17(24)19(20-18(21)25)9-5-2-6-10-19/h3-4,7-8,13H,2,5-6,9-12H2,1H3,(H,20,25)/t13-/m0/s1. The monoisotopic (exact) mass is 341 g/mol. The molecule has 4 rings (SSSR count). The van der Waals surface area contributed by atoms with Crippen molar-refractivity contribution >= 4 is 23.5 Å². The first-order chi connectivity index (χ1) is 12.0. The van der Waals surface area contributed by atoms with Crippen LogP contribution in [0.4, 0.5) is 10.5 Å². The number of para-hydroxylation sites is 1. The summed E-state index contributed by atoms with van der Waals surface area (Å²) in [5.74, 6) is -0.431. The molecular formula is C19H23N3O3. The number of rotatable bonds is 2. The maximum Gasteiger partial charge on any atom is 0.325 e. The van der Waals surface area contributed by atoms with Gasteiger partial charge >= 0.3 is 6.03 Å². The van der Waals surface area contributed by atoms with Crippen LogP contribution in [0.5, 0.6) is 0 Å². The Morgan fingerprint density at radius 1 is 1.20 bits per heavy atom. The van der Waals surface area contributed by atoms with E-state index < -0.39 is 11.6 Å². The number of benzene rings is 1. The fourth-order valence-corrected chi connectivity index (χ4v) is 4.47. The molecule has 25 heavy (non-hydrogen) atoms. The predicted molar refractivity (Wildman–Crippen MR) is 93.2 cm³/mol. The van der Waals surface area contributed by atoms with Gasteiger partial charge in [-0.25, -0.2) is 4.79 Å². The number of hydrogen-bond donors (Lipinski definition) is 1. The largest absolute Gasteiger partial charge is 0.325 e. The van der Waals surface area contributed by atoms with Gasteiger partial charge in [-0.3, -0.25) is 14.5 Å². The van der Waals surface area contributed by atoms with Crippen molar-refractivity contribution in [3.63, 3.8) is 0 Å². The Balaban J connectivity index is 1.53. The lowest BCUT2D eigenvalue weighted by atomic mass is 9.82. The molecule has 0 unspecified atom stereocenters. The van der Waals surface area contributed by atoms with Crippen LogP contribution in [0, 0.1) is 0 Å². The molecule has 1 saturated carbocycles. The average Bonchev–Trinajstić information content (AvgIpc) is 3.04. The molecule has 2 heterocycles. The maximum absolute atomic E-state index is 12.9. The molecule has 2 aliphatic heterocycles. The van der Waals surface area contributed by atoms with E-state index in [0.717, 1.165) is 41.8 Å². The van der Waals surface area contributed by atoms with Crippen molar-refractivity contribution in [2.75, 3.05) is 11.4 Å². The van der Waals surface area contributed by atoms with E-state index in [1.54, 1.807) is 4.90 Å². The molecule has 0 aromatic heterocycles. The predicted octanol–water partition coefficient (Wildman–Crippen LogP) is 2.22. The second kappa shape index (κ2) is 5.86. The Labute approximate surface area is 147 Å². The normalized spacial score (nSPS) is 24.6. The zero-order valence-corrected chi connectivity index (χ0v) is 14.5. The van der Waals surface area contributed by atoms with Crippen molar-refractivity contribution < 1.29 is 14.4 Å². The number of carbonyl (C=O) groups is 3. The van der Waals surface area contributed by atoms with E-state index in [2.05, 4.69) is 5.32 Å². The second-order valence-corrected chi connectivity index (χ2v) is 7.41. The van der Waals surface area contributed by atoms with Crippen molar-refractivity contribution in [2.45, 2.75) is 57.0 Å². The van der Waals surface area contributed by atoms with Crippen LogP contribution in [0.3, 0.4) is 0 Å². The number of nitrogens with zero attached hydrogens (tertiary/aromatic N) is 2. The summed E-state index contributed by atoms with van der Waals surface area (Å²) in [4.78, 5) is 40.9. The van der Waals surface area contributed by atoms with Crippen LogP contribution in [0.15, 0.2) is 24.3 Å². The Bertz CT molecular complexity index is 739. The third-order valence-electron chi connectivity index (χ3n) is 5.72. The number of hydrogen-bond acceptors (Lipinski definition) is 3. The van der Waals surface area contributed by atoms with E-state index in [9.17, 15) is 14.4 Å². The molecule has 0 radical (unpaired) electrons. The maximum atomic E-state index is 12.9. The first-order valence-corrected chi connectivity index (χ1v) is 9.06. The van der Waals surface area contributed by atoms with Gasteiger partial charge in [0.2, 0.25) is 5.91 Å². The molecule has 1 saturated heterocycles. The zero-order chi connectivity index (χ0) is 17.6. The molecule has 1 spiro atoms. The molecule has 4 amide bonds. The smallest absolute Gasteiger partial charge is 0.323 e. The highest BCUT2D eigenvalue weighted by Crippen LogP contribution is 2.35. The van der Waals surface area contributed by atoms with E-state index in [0.29, 0.717) is 12.8 Å². The summed E-state index contributed by atoms with van der Waals surface area (Å²) >= 11 is 0. The highest BCUT2D eigenvalue weighted by molar-refractivity contribution is 6.10. The molecular weight excluding hydrogens is 318 g/mol. The zero-order valence-electron chi connectivity index (χ0n) is 14.5. The van der Waals surface area contributed by atoms with Crippen molar-refractivity contribution in [1.29, 1.82) is 0 Å². The summed E-state index contributed by atoms with van der Waals surface area (Å²) in [5, 5.41) is 2.86. The number of anilines is 1. The van der Waals surface area contributed by atoms with Crippen molar-refractivity contribution in [1.82, 2.24) is 10.2 Å². The number of urea groups is 1. The minimum Gasteiger partial charge on any atom is -0.323 e. The van der Waals surface area contributed by atoms with Crippen LogP contribution in [0.1, 0.15) is 44.6 Å². The van der Waals surface area contributed by atoms with Crippen molar-refractivity contribution in [3.8, 4) is 0 Å². The van der Waals surface area contributed by atoms with Crippen LogP contribution >= 0.6 is 0 Å². The summed E-state index contributed by atoms with van der Waals surface area (Å²) in [7, 11) is 0. The van der Waals surface area contributed by atoms with Gasteiger partial charge in [0.05, 0.1) is 0 Å². The van der Waals surface area contributed by atoms with Crippen LogP contribution in [0.2, 0.25) is 0 Å². The summed E-state index contributed by atoms with van der Waals surface area (Å²) in [6, 6.07) is 7.41. The van der Waals surface area contributed by atoms with Crippen LogP contribution in [0.25, 0.3) is 0 Å². The fraction of sp³-hybridized carbons (Fsp3) is 0.526. The molecule has 1 N–H and O–H groups in total. The molecule has 1 aromatic rings. The van der Waals surface area contributed by atoms with Crippen LogP contribution in [-0.4, -0.2) is 40.9 Å². The summed E-state index contributed by atoms with van der Waals surface area (Å²) in [5.41, 5.74) is 1.24. The number of amides is 4. The van der Waals surface area contributed by atoms with Gasteiger partial charge in [0, 0.05) is 11.7 Å². The Hall–Kier alpha value is -2.37. The first-order valence-electron chi connectivity index (χ1n) is 9.06. The third-order valence-corrected chi connectivity index (χ3v) is 5.72. The van der Waals surface area contributed by atoms with Crippen LogP contribution in [-0.2, 0) is 16.0 Å². The van der Waals surface area contributed by atoms with Crippen molar-refractivity contribution in [3.05, 3.63) is 29.8 Å². The van der Waals surface area contributed by atoms with Gasteiger partial charge in [0.15, 0.2) is 0 Å². The highest BCUT2D eigenvalue weighted by Gasteiger charge is 2.52. The highest BCUT2D eigenvalue weighted by atomic mass is 16.2.